The predicted molar refractivity (Wildman–Crippen MR) is 131 cm³/mol. The van der Waals surface area contributed by atoms with Gasteiger partial charge in [0.15, 0.2) is 23.0 Å². The fourth-order valence-corrected chi connectivity index (χ4v) is 5.46. The van der Waals surface area contributed by atoms with Gasteiger partial charge in [-0.3, -0.25) is 0 Å². The van der Waals surface area contributed by atoms with Gasteiger partial charge in [-0.2, -0.15) is 4.52 Å². The van der Waals surface area contributed by atoms with Gasteiger partial charge in [-0.15, -0.1) is 15.3 Å². The first-order chi connectivity index (χ1) is 16.7. The highest BCUT2D eigenvalue weighted by Gasteiger charge is 2.19. The molecule has 0 radical (unpaired) electrons. The van der Waals surface area contributed by atoms with Gasteiger partial charge in [0.1, 0.15) is 6.61 Å². The topological polar surface area (TPSA) is 117 Å². The maximum absolute atomic E-state index is 12.8. The van der Waals surface area contributed by atoms with Crippen molar-refractivity contribution in [2.24, 2.45) is 0 Å². The molecule has 0 saturated heterocycles. The van der Waals surface area contributed by atoms with E-state index in [0.717, 1.165) is 11.1 Å². The number of nitrogens with one attached hydrogen (secondary N) is 1. The minimum Gasteiger partial charge on any atom is -0.493 e. The van der Waals surface area contributed by atoms with Crippen molar-refractivity contribution in [3.63, 3.8) is 0 Å². The second-order valence-electron chi connectivity index (χ2n) is 8.01. The van der Waals surface area contributed by atoms with Crippen molar-refractivity contribution >= 4 is 15.7 Å². The quantitative estimate of drug-likeness (QED) is 0.351. The van der Waals surface area contributed by atoms with Crippen molar-refractivity contribution in [2.75, 3.05) is 27.4 Å². The van der Waals surface area contributed by atoms with Gasteiger partial charge in [-0.25, -0.2) is 13.1 Å². The number of fused-ring (bicyclic) bond motifs is 1. The molecule has 35 heavy (non-hydrogen) atoms. The van der Waals surface area contributed by atoms with Crippen LogP contribution in [0.15, 0.2) is 47.4 Å². The third kappa shape index (κ3) is 5.05. The summed E-state index contributed by atoms with van der Waals surface area (Å²) in [6.45, 7) is 5.70. The number of ether oxygens (including phenoxy) is 3. The largest absolute Gasteiger partial charge is 0.493 e. The summed E-state index contributed by atoms with van der Waals surface area (Å²) in [7, 11) is -0.545. The highest BCUT2D eigenvalue weighted by molar-refractivity contribution is 7.89. The van der Waals surface area contributed by atoms with Crippen LogP contribution in [0.2, 0.25) is 0 Å². The summed E-state index contributed by atoms with van der Waals surface area (Å²) in [6.07, 6.45) is 0. The fraction of sp³-hybridized carbons (Fsp3) is 0.292. The zero-order chi connectivity index (χ0) is 25.2. The molecule has 0 unspecified atom stereocenters. The van der Waals surface area contributed by atoms with Crippen molar-refractivity contribution in [3.8, 4) is 28.8 Å². The van der Waals surface area contributed by atoms with E-state index in [-0.39, 0.29) is 13.2 Å². The molecule has 2 heterocycles. The van der Waals surface area contributed by atoms with Crippen LogP contribution < -0.4 is 18.9 Å². The van der Waals surface area contributed by atoms with Gasteiger partial charge in [-0.1, -0.05) is 17.7 Å². The van der Waals surface area contributed by atoms with Crippen LogP contribution >= 0.6 is 0 Å². The molecular formula is C24H27N5O5S. The van der Waals surface area contributed by atoms with Crippen LogP contribution in [0.3, 0.4) is 0 Å². The first-order valence-electron chi connectivity index (χ1n) is 10.9. The lowest BCUT2D eigenvalue weighted by Crippen LogP contribution is -2.29. The number of aryl methyl sites for hydroxylation is 3. The van der Waals surface area contributed by atoms with E-state index < -0.39 is 10.0 Å². The Labute approximate surface area is 203 Å². The Balaban J connectivity index is 1.48. The summed E-state index contributed by atoms with van der Waals surface area (Å²) in [5.74, 6) is 1.96. The third-order valence-electron chi connectivity index (χ3n) is 5.40. The van der Waals surface area contributed by atoms with E-state index in [4.69, 9.17) is 14.2 Å². The standard InChI is InChI=1S/C24H27N5O5S/c1-15-12-16(2)23(17(3)13-15)35(30,31)25-10-11-34-22-9-8-21-26-27-24(29(21)28-22)18-6-7-19(32-4)20(14-18)33-5/h6-9,12-14,25H,10-11H2,1-5H3. The number of benzene rings is 2. The highest BCUT2D eigenvalue weighted by atomic mass is 32.2. The second-order valence-corrected chi connectivity index (χ2v) is 9.71. The molecule has 0 aliphatic heterocycles. The van der Waals surface area contributed by atoms with Gasteiger partial charge in [-0.05, 0) is 56.2 Å². The number of nitrogens with zero attached hydrogens (tertiary/aromatic N) is 4. The monoisotopic (exact) mass is 497 g/mol. The van der Waals surface area contributed by atoms with Crippen LogP contribution in [0.1, 0.15) is 16.7 Å². The van der Waals surface area contributed by atoms with Gasteiger partial charge >= 0.3 is 0 Å². The Morgan fingerprint density at radius 3 is 2.31 bits per heavy atom. The van der Waals surface area contributed by atoms with E-state index in [1.807, 2.05) is 25.1 Å². The van der Waals surface area contributed by atoms with Crippen LogP contribution in [0.5, 0.6) is 17.4 Å². The number of rotatable bonds is 9. The molecule has 0 aliphatic rings. The van der Waals surface area contributed by atoms with Crippen LogP contribution in [0, 0.1) is 20.8 Å². The van der Waals surface area contributed by atoms with E-state index in [1.165, 1.54) is 0 Å². The summed E-state index contributed by atoms with van der Waals surface area (Å²) in [5, 5.41) is 12.8. The van der Waals surface area contributed by atoms with Crippen molar-refractivity contribution in [1.29, 1.82) is 0 Å². The molecule has 0 spiro atoms. The van der Waals surface area contributed by atoms with Crippen LogP contribution in [-0.2, 0) is 10.0 Å². The highest BCUT2D eigenvalue weighted by Crippen LogP contribution is 2.31. The maximum atomic E-state index is 12.8. The van der Waals surface area contributed by atoms with Crippen molar-refractivity contribution in [2.45, 2.75) is 25.7 Å². The number of hydrogen-bond acceptors (Lipinski definition) is 8. The van der Waals surface area contributed by atoms with E-state index in [0.29, 0.717) is 44.9 Å². The molecule has 0 amide bonds. The van der Waals surface area contributed by atoms with Gasteiger partial charge in [0.05, 0.1) is 19.1 Å². The molecular weight excluding hydrogens is 470 g/mol. The SMILES string of the molecule is COc1ccc(-c2nnc3ccc(OCCNS(=O)(=O)c4c(C)cc(C)cc4C)nn23)cc1OC. The number of aromatic nitrogens is 4. The smallest absolute Gasteiger partial charge is 0.241 e. The minimum atomic E-state index is -3.67. The predicted octanol–water partition coefficient (Wildman–Crippen LogP) is 3.09. The van der Waals surface area contributed by atoms with Gasteiger partial charge in [0.25, 0.3) is 0 Å². The Kier molecular flexibility index (Phi) is 6.90. The molecule has 2 aromatic heterocycles. The Bertz CT molecular complexity index is 1460. The Morgan fingerprint density at radius 2 is 1.63 bits per heavy atom. The summed E-state index contributed by atoms with van der Waals surface area (Å²) in [6, 6.07) is 12.5. The van der Waals surface area contributed by atoms with Crippen LogP contribution in [0.25, 0.3) is 17.0 Å². The zero-order valence-corrected chi connectivity index (χ0v) is 21.0. The van der Waals surface area contributed by atoms with E-state index >= 15 is 0 Å². The van der Waals surface area contributed by atoms with Crippen molar-refractivity contribution in [1.82, 2.24) is 24.5 Å². The van der Waals surface area contributed by atoms with Gasteiger partial charge < -0.3 is 14.2 Å². The summed E-state index contributed by atoms with van der Waals surface area (Å²) in [5.41, 5.74) is 3.70. The lowest BCUT2D eigenvalue weighted by Gasteiger charge is -2.13. The third-order valence-corrected chi connectivity index (χ3v) is 7.16. The average molecular weight is 498 g/mol. The number of hydrogen-bond donors (Lipinski definition) is 1. The van der Waals surface area contributed by atoms with Crippen LogP contribution in [0.4, 0.5) is 0 Å². The van der Waals surface area contributed by atoms with Crippen molar-refractivity contribution in [3.05, 3.63) is 59.2 Å². The molecule has 0 saturated carbocycles. The first-order valence-corrected chi connectivity index (χ1v) is 12.4. The number of methoxy groups -OCH3 is 2. The summed E-state index contributed by atoms with van der Waals surface area (Å²) >= 11 is 0. The van der Waals surface area contributed by atoms with Crippen molar-refractivity contribution < 1.29 is 22.6 Å². The fourth-order valence-electron chi connectivity index (χ4n) is 4.00. The number of sulfonamides is 1. The zero-order valence-electron chi connectivity index (χ0n) is 20.2. The lowest BCUT2D eigenvalue weighted by atomic mass is 10.1. The molecule has 10 nitrogen and oxygen atoms in total. The molecule has 0 aliphatic carbocycles. The minimum absolute atomic E-state index is 0.0829. The lowest BCUT2D eigenvalue weighted by molar-refractivity contribution is 0.306. The van der Waals surface area contributed by atoms with E-state index in [1.54, 1.807) is 56.8 Å². The molecule has 11 heteroatoms. The molecule has 184 valence electrons. The summed E-state index contributed by atoms with van der Waals surface area (Å²) < 4.78 is 46.2. The Morgan fingerprint density at radius 1 is 0.914 bits per heavy atom. The van der Waals surface area contributed by atoms with E-state index in [9.17, 15) is 8.42 Å². The Hall–Kier alpha value is -3.70. The average Bonchev–Trinajstić information content (AvgIpc) is 3.23. The second kappa shape index (κ2) is 9.88. The molecule has 2 aromatic carbocycles. The normalized spacial score (nSPS) is 11.6. The van der Waals surface area contributed by atoms with E-state index in [2.05, 4.69) is 20.0 Å². The molecule has 0 bridgehead atoms. The molecule has 4 rings (SSSR count). The summed E-state index contributed by atoms with van der Waals surface area (Å²) in [4.78, 5) is 0.298. The molecule has 4 aromatic rings. The van der Waals surface area contributed by atoms with Gasteiger partial charge in [0.2, 0.25) is 15.9 Å². The van der Waals surface area contributed by atoms with Gasteiger partial charge in [0, 0.05) is 18.2 Å². The van der Waals surface area contributed by atoms with Crippen LogP contribution in [-0.4, -0.2) is 55.6 Å². The molecule has 1 N–H and O–H groups in total. The maximum Gasteiger partial charge on any atom is 0.241 e. The molecule has 0 atom stereocenters. The first kappa shape index (κ1) is 24.4. The molecule has 0 fully saturated rings.